The molecule has 4 heteroatoms. The number of ketones is 1. The normalized spacial score (nSPS) is 11.3. The topological polar surface area (TPSA) is 55.8 Å². The van der Waals surface area contributed by atoms with E-state index in [1.165, 1.54) is 134 Å². The van der Waals surface area contributed by atoms with Gasteiger partial charge in [0.25, 0.3) is 0 Å². The highest BCUT2D eigenvalue weighted by atomic mass is 16.5. The number of hydrogen-bond donors (Lipinski definition) is 1. The number of rotatable bonds is 30. The predicted molar refractivity (Wildman–Crippen MR) is 196 cm³/mol. The van der Waals surface area contributed by atoms with Gasteiger partial charge in [0.15, 0.2) is 5.78 Å². The molecule has 0 aromatic heterocycles. The van der Waals surface area contributed by atoms with Gasteiger partial charge in [-0.1, -0.05) is 173 Å². The van der Waals surface area contributed by atoms with Gasteiger partial charge in [0.2, 0.25) is 0 Å². The first kappa shape index (κ1) is 39.4. The van der Waals surface area contributed by atoms with E-state index in [0.29, 0.717) is 12.4 Å². The number of ether oxygens (including phenoxy) is 2. The van der Waals surface area contributed by atoms with Crippen LogP contribution in [0.2, 0.25) is 0 Å². The van der Waals surface area contributed by atoms with Gasteiger partial charge >= 0.3 is 0 Å². The second kappa shape index (κ2) is 27.4. The van der Waals surface area contributed by atoms with Crippen LogP contribution in [0.1, 0.15) is 177 Å². The van der Waals surface area contributed by atoms with Gasteiger partial charge in [-0.2, -0.15) is 0 Å². The molecule has 0 amide bonds. The predicted octanol–water partition coefficient (Wildman–Crippen LogP) is 13.1. The van der Waals surface area contributed by atoms with Crippen LogP contribution in [0.3, 0.4) is 0 Å². The summed E-state index contributed by atoms with van der Waals surface area (Å²) < 4.78 is 11.9. The molecule has 0 saturated carbocycles. The summed E-state index contributed by atoms with van der Waals surface area (Å²) in [5, 5.41) is 10.5. The van der Waals surface area contributed by atoms with Crippen molar-refractivity contribution in [3.63, 3.8) is 0 Å². The van der Waals surface area contributed by atoms with Crippen molar-refractivity contribution in [3.8, 4) is 17.2 Å². The van der Waals surface area contributed by atoms with Crippen molar-refractivity contribution >= 4 is 11.9 Å². The lowest BCUT2D eigenvalue weighted by Gasteiger charge is -2.11. The molecule has 4 nitrogen and oxygen atoms in total. The SMILES string of the molecule is CCCCCCCCCCCCCCOc1cccc(O)c1C(=O)/C=C/c1ccc(OCCCCCCCCCCCCC)cc1. The molecule has 0 aliphatic rings. The van der Waals surface area contributed by atoms with Crippen LogP contribution in [0.4, 0.5) is 0 Å². The van der Waals surface area contributed by atoms with Crippen molar-refractivity contribution in [1.82, 2.24) is 0 Å². The molecule has 46 heavy (non-hydrogen) atoms. The summed E-state index contributed by atoms with van der Waals surface area (Å²) in [6, 6.07) is 12.8. The summed E-state index contributed by atoms with van der Waals surface area (Å²) in [6.45, 7) is 5.82. The minimum Gasteiger partial charge on any atom is -0.507 e. The highest BCUT2D eigenvalue weighted by Crippen LogP contribution is 2.29. The van der Waals surface area contributed by atoms with Crippen molar-refractivity contribution in [2.75, 3.05) is 13.2 Å². The molecule has 0 fully saturated rings. The molecular weight excluding hydrogens is 568 g/mol. The fourth-order valence-electron chi connectivity index (χ4n) is 5.90. The van der Waals surface area contributed by atoms with Crippen LogP contribution in [0.25, 0.3) is 6.08 Å². The zero-order valence-electron chi connectivity index (χ0n) is 29.5. The van der Waals surface area contributed by atoms with E-state index in [0.717, 1.165) is 37.2 Å². The molecule has 0 radical (unpaired) electrons. The number of unbranched alkanes of at least 4 members (excludes halogenated alkanes) is 21. The van der Waals surface area contributed by atoms with Gasteiger partial charge in [-0.15, -0.1) is 0 Å². The molecule has 0 aliphatic heterocycles. The summed E-state index contributed by atoms with van der Waals surface area (Å²) >= 11 is 0. The Balaban J connectivity index is 1.61. The van der Waals surface area contributed by atoms with Crippen LogP contribution in [-0.4, -0.2) is 24.1 Å². The van der Waals surface area contributed by atoms with Crippen molar-refractivity contribution in [2.24, 2.45) is 0 Å². The van der Waals surface area contributed by atoms with E-state index in [-0.39, 0.29) is 17.1 Å². The van der Waals surface area contributed by atoms with Crippen LogP contribution < -0.4 is 9.47 Å². The number of phenols is 1. The highest BCUT2D eigenvalue weighted by molar-refractivity contribution is 6.10. The molecule has 2 aromatic rings. The molecule has 0 aliphatic carbocycles. The number of carbonyl (C=O) groups excluding carboxylic acids is 1. The minimum absolute atomic E-state index is 0.0481. The number of aromatic hydroxyl groups is 1. The molecule has 0 spiro atoms. The molecule has 2 aromatic carbocycles. The van der Waals surface area contributed by atoms with E-state index < -0.39 is 0 Å². The van der Waals surface area contributed by atoms with Crippen molar-refractivity contribution in [1.29, 1.82) is 0 Å². The second-order valence-electron chi connectivity index (χ2n) is 13.0. The Hall–Kier alpha value is -2.75. The lowest BCUT2D eigenvalue weighted by atomic mass is 10.1. The van der Waals surface area contributed by atoms with E-state index in [4.69, 9.17) is 9.47 Å². The van der Waals surface area contributed by atoms with Crippen molar-refractivity contribution in [3.05, 3.63) is 59.7 Å². The monoisotopic (exact) mass is 634 g/mol. The quantitative estimate of drug-likeness (QED) is 0.0528. The Morgan fingerprint density at radius 2 is 1.00 bits per heavy atom. The van der Waals surface area contributed by atoms with Crippen LogP contribution in [0.15, 0.2) is 48.5 Å². The van der Waals surface area contributed by atoms with Gasteiger partial charge in [-0.05, 0) is 48.7 Å². The van der Waals surface area contributed by atoms with Gasteiger partial charge in [0.1, 0.15) is 22.8 Å². The maximum atomic E-state index is 13.0. The van der Waals surface area contributed by atoms with Crippen molar-refractivity contribution < 1.29 is 19.4 Å². The van der Waals surface area contributed by atoms with E-state index in [9.17, 15) is 9.90 Å². The molecule has 2 rings (SSSR count). The van der Waals surface area contributed by atoms with Crippen molar-refractivity contribution in [2.45, 2.75) is 162 Å². The number of phenolic OH excluding ortho intramolecular Hbond substituents is 1. The van der Waals surface area contributed by atoms with Gasteiger partial charge in [-0.25, -0.2) is 0 Å². The first-order chi connectivity index (χ1) is 22.7. The Bertz CT molecular complexity index is 1040. The molecule has 0 heterocycles. The first-order valence-electron chi connectivity index (χ1n) is 19.1. The molecular formula is C42H66O4. The fourth-order valence-corrected chi connectivity index (χ4v) is 5.90. The summed E-state index contributed by atoms with van der Waals surface area (Å²) in [7, 11) is 0. The summed E-state index contributed by atoms with van der Waals surface area (Å²) in [5.41, 5.74) is 1.13. The second-order valence-corrected chi connectivity index (χ2v) is 13.0. The zero-order valence-corrected chi connectivity index (χ0v) is 29.5. The molecule has 258 valence electrons. The smallest absolute Gasteiger partial charge is 0.193 e. The third-order valence-corrected chi connectivity index (χ3v) is 8.83. The van der Waals surface area contributed by atoms with E-state index in [1.807, 2.05) is 24.3 Å². The van der Waals surface area contributed by atoms with E-state index in [1.54, 1.807) is 24.3 Å². The Morgan fingerprint density at radius 1 is 0.565 bits per heavy atom. The van der Waals surface area contributed by atoms with E-state index >= 15 is 0 Å². The molecule has 0 bridgehead atoms. The Kier molecular flexibility index (Phi) is 23.5. The third kappa shape index (κ3) is 19.0. The first-order valence-corrected chi connectivity index (χ1v) is 19.1. The standard InChI is InChI=1S/C42H66O4/c1-3-5-7-9-11-13-15-17-19-21-23-25-36-46-41-28-26-27-39(43)42(41)40(44)34-31-37-29-32-38(33-30-37)45-35-24-22-20-18-16-14-12-10-8-6-4-2/h26-34,43H,3-25,35-36H2,1-2H3/b34-31+. The van der Waals surface area contributed by atoms with Gasteiger partial charge in [0.05, 0.1) is 13.2 Å². The van der Waals surface area contributed by atoms with Gasteiger partial charge < -0.3 is 14.6 Å². The third-order valence-electron chi connectivity index (χ3n) is 8.83. The number of allylic oxidation sites excluding steroid dienone is 1. The van der Waals surface area contributed by atoms with Gasteiger partial charge in [0, 0.05) is 0 Å². The zero-order chi connectivity index (χ0) is 32.9. The molecule has 0 atom stereocenters. The molecule has 1 N–H and O–H groups in total. The minimum atomic E-state index is -0.264. The largest absolute Gasteiger partial charge is 0.507 e. The Morgan fingerprint density at radius 3 is 1.48 bits per heavy atom. The number of benzene rings is 2. The fraction of sp³-hybridized carbons (Fsp3) is 0.643. The maximum Gasteiger partial charge on any atom is 0.193 e. The summed E-state index contributed by atoms with van der Waals surface area (Å²) in [5.74, 6) is 0.987. The molecule has 0 saturated heterocycles. The highest BCUT2D eigenvalue weighted by Gasteiger charge is 2.15. The number of carbonyl (C=O) groups is 1. The van der Waals surface area contributed by atoms with Crippen LogP contribution in [0.5, 0.6) is 17.2 Å². The van der Waals surface area contributed by atoms with Crippen LogP contribution >= 0.6 is 0 Å². The summed E-state index contributed by atoms with van der Waals surface area (Å²) in [4.78, 5) is 13.0. The molecule has 0 unspecified atom stereocenters. The van der Waals surface area contributed by atoms with E-state index in [2.05, 4.69) is 13.8 Å². The average molecular weight is 635 g/mol. The Labute approximate surface area is 282 Å². The van der Waals surface area contributed by atoms with Crippen LogP contribution in [-0.2, 0) is 0 Å². The summed E-state index contributed by atoms with van der Waals surface area (Å²) in [6.07, 6.45) is 33.3. The van der Waals surface area contributed by atoms with Gasteiger partial charge in [-0.3, -0.25) is 4.79 Å². The number of hydrogen-bond acceptors (Lipinski definition) is 4. The maximum absolute atomic E-state index is 13.0. The average Bonchev–Trinajstić information content (AvgIpc) is 3.07. The lowest BCUT2D eigenvalue weighted by molar-refractivity contribution is 0.104. The van der Waals surface area contributed by atoms with Crippen LogP contribution in [0, 0.1) is 0 Å². The lowest BCUT2D eigenvalue weighted by Crippen LogP contribution is -2.04.